The molecule has 12 heavy (non-hydrogen) atoms. The second-order valence-corrected chi connectivity index (χ2v) is 6.52. The van der Waals surface area contributed by atoms with Crippen LogP contribution in [0.1, 0.15) is 40.5 Å². The van der Waals surface area contributed by atoms with Crippen molar-refractivity contribution in [3.8, 4) is 0 Å². The highest BCUT2D eigenvalue weighted by Crippen LogP contribution is 2.54. The Morgan fingerprint density at radius 3 is 2.25 bits per heavy atom. The highest BCUT2D eigenvalue weighted by molar-refractivity contribution is 7.54. The summed E-state index contributed by atoms with van der Waals surface area (Å²) in [4.78, 5) is 9.41. The van der Waals surface area contributed by atoms with Crippen molar-refractivity contribution in [1.82, 2.24) is 0 Å². The van der Waals surface area contributed by atoms with Crippen molar-refractivity contribution in [3.05, 3.63) is 0 Å². The fourth-order valence-electron chi connectivity index (χ4n) is 0.526. The van der Waals surface area contributed by atoms with E-state index in [4.69, 9.17) is 4.52 Å². The molecule has 0 spiro atoms. The first-order valence-electron chi connectivity index (χ1n) is 4.28. The third-order valence-corrected chi connectivity index (χ3v) is 3.84. The second kappa shape index (κ2) is 4.40. The molecule has 0 aliphatic rings. The van der Waals surface area contributed by atoms with E-state index in [1.165, 1.54) is 0 Å². The minimum Gasteiger partial charge on any atom is -0.324 e. The second-order valence-electron chi connectivity index (χ2n) is 3.88. The van der Waals surface area contributed by atoms with Gasteiger partial charge < -0.3 is 9.42 Å². The molecule has 0 aromatic carbocycles. The molecule has 0 heterocycles. The molecule has 0 saturated heterocycles. The monoisotopic (exact) mass is 194 g/mol. The van der Waals surface area contributed by atoms with E-state index >= 15 is 0 Å². The summed E-state index contributed by atoms with van der Waals surface area (Å²) >= 11 is 0. The van der Waals surface area contributed by atoms with Crippen LogP contribution in [0.4, 0.5) is 0 Å². The van der Waals surface area contributed by atoms with Gasteiger partial charge in [0.25, 0.3) is 0 Å². The lowest BCUT2D eigenvalue weighted by atomic mass is 10.3. The standard InChI is InChI=1S/C8H19O3P/c1-5-6-7-11-12(9,10)8(2,3)4/h5-7H2,1-4H3,(H,9,10). The van der Waals surface area contributed by atoms with Crippen molar-refractivity contribution in [2.24, 2.45) is 0 Å². The molecule has 1 N–H and O–H groups in total. The van der Waals surface area contributed by atoms with Crippen molar-refractivity contribution in [1.29, 1.82) is 0 Å². The Hall–Kier alpha value is 0.150. The van der Waals surface area contributed by atoms with Crippen LogP contribution in [0.3, 0.4) is 0 Å². The molecular formula is C8H19O3P. The summed E-state index contributed by atoms with van der Waals surface area (Å²) in [6, 6.07) is 0. The zero-order chi connectivity index (χ0) is 9.83. The third-order valence-electron chi connectivity index (χ3n) is 1.61. The predicted molar refractivity (Wildman–Crippen MR) is 50.4 cm³/mol. The van der Waals surface area contributed by atoms with Gasteiger partial charge in [-0.05, 0) is 27.2 Å². The molecule has 0 aromatic heterocycles. The summed E-state index contributed by atoms with van der Waals surface area (Å²) < 4.78 is 16.4. The number of unbranched alkanes of at least 4 members (excludes halogenated alkanes) is 1. The average Bonchev–Trinajstić information content (AvgIpc) is 1.85. The Morgan fingerprint density at radius 1 is 1.42 bits per heavy atom. The molecule has 0 aliphatic heterocycles. The predicted octanol–water partition coefficient (Wildman–Crippen LogP) is 2.79. The molecule has 0 bridgehead atoms. The molecule has 0 saturated carbocycles. The zero-order valence-electron chi connectivity index (χ0n) is 8.33. The van der Waals surface area contributed by atoms with Crippen LogP contribution in [0.5, 0.6) is 0 Å². The van der Waals surface area contributed by atoms with Gasteiger partial charge in [0.15, 0.2) is 0 Å². The first kappa shape index (κ1) is 12.2. The van der Waals surface area contributed by atoms with E-state index in [2.05, 4.69) is 0 Å². The maximum atomic E-state index is 11.4. The van der Waals surface area contributed by atoms with Crippen molar-refractivity contribution < 1.29 is 14.0 Å². The Balaban J connectivity index is 3.98. The van der Waals surface area contributed by atoms with Crippen LogP contribution >= 0.6 is 7.60 Å². The lowest BCUT2D eigenvalue weighted by molar-refractivity contribution is 0.238. The average molecular weight is 194 g/mol. The highest BCUT2D eigenvalue weighted by atomic mass is 31.2. The maximum absolute atomic E-state index is 11.4. The Kier molecular flexibility index (Phi) is 4.46. The fourth-order valence-corrected chi connectivity index (χ4v) is 1.29. The van der Waals surface area contributed by atoms with Gasteiger partial charge in [-0.1, -0.05) is 13.3 Å². The molecule has 1 unspecified atom stereocenters. The van der Waals surface area contributed by atoms with Gasteiger partial charge >= 0.3 is 7.60 Å². The topological polar surface area (TPSA) is 46.5 Å². The van der Waals surface area contributed by atoms with Gasteiger partial charge in [-0.25, -0.2) is 0 Å². The van der Waals surface area contributed by atoms with Crippen LogP contribution in [-0.4, -0.2) is 16.7 Å². The molecule has 0 aromatic rings. The van der Waals surface area contributed by atoms with Crippen molar-refractivity contribution in [2.45, 2.75) is 45.7 Å². The SMILES string of the molecule is CCCCOP(=O)(O)C(C)(C)C. The molecule has 4 heteroatoms. The van der Waals surface area contributed by atoms with Crippen LogP contribution in [0.25, 0.3) is 0 Å². The van der Waals surface area contributed by atoms with Crippen molar-refractivity contribution in [3.63, 3.8) is 0 Å². The molecule has 74 valence electrons. The van der Waals surface area contributed by atoms with Crippen molar-refractivity contribution >= 4 is 7.60 Å². The van der Waals surface area contributed by atoms with E-state index in [1.807, 2.05) is 6.92 Å². The smallest absolute Gasteiger partial charge is 0.324 e. The maximum Gasteiger partial charge on any atom is 0.333 e. The zero-order valence-corrected chi connectivity index (χ0v) is 9.23. The molecule has 0 radical (unpaired) electrons. The summed E-state index contributed by atoms with van der Waals surface area (Å²) in [7, 11) is -3.41. The van der Waals surface area contributed by atoms with E-state index in [0.717, 1.165) is 12.8 Å². The normalized spacial score (nSPS) is 17.4. The molecule has 0 aliphatic carbocycles. The van der Waals surface area contributed by atoms with E-state index in [0.29, 0.717) is 6.61 Å². The summed E-state index contributed by atoms with van der Waals surface area (Å²) in [5, 5.41) is -0.666. The van der Waals surface area contributed by atoms with Gasteiger partial charge in [0.2, 0.25) is 0 Å². The Labute approximate surface area is 74.7 Å². The van der Waals surface area contributed by atoms with Gasteiger partial charge in [0, 0.05) is 0 Å². The van der Waals surface area contributed by atoms with Gasteiger partial charge in [-0.3, -0.25) is 4.57 Å². The van der Waals surface area contributed by atoms with Crippen LogP contribution in [0, 0.1) is 0 Å². The summed E-state index contributed by atoms with van der Waals surface area (Å²) in [5.74, 6) is 0. The summed E-state index contributed by atoms with van der Waals surface area (Å²) in [6.07, 6.45) is 1.81. The number of hydrogen-bond donors (Lipinski definition) is 1. The van der Waals surface area contributed by atoms with Crippen LogP contribution in [0.2, 0.25) is 0 Å². The number of hydrogen-bond acceptors (Lipinski definition) is 2. The van der Waals surface area contributed by atoms with E-state index in [-0.39, 0.29) is 0 Å². The Bertz CT molecular complexity index is 172. The summed E-state index contributed by atoms with van der Waals surface area (Å²) in [5.41, 5.74) is 0. The largest absolute Gasteiger partial charge is 0.333 e. The van der Waals surface area contributed by atoms with E-state index < -0.39 is 12.8 Å². The van der Waals surface area contributed by atoms with Crippen LogP contribution in [-0.2, 0) is 9.09 Å². The minimum atomic E-state index is -3.41. The molecule has 1 atom stereocenters. The van der Waals surface area contributed by atoms with Gasteiger partial charge in [0.1, 0.15) is 0 Å². The summed E-state index contributed by atoms with van der Waals surface area (Å²) in [6.45, 7) is 7.52. The molecule has 3 nitrogen and oxygen atoms in total. The Morgan fingerprint density at radius 2 is 1.92 bits per heavy atom. The quantitative estimate of drug-likeness (QED) is 0.553. The first-order chi connectivity index (χ1) is 5.31. The molecular weight excluding hydrogens is 175 g/mol. The fraction of sp³-hybridized carbons (Fsp3) is 1.00. The number of rotatable bonds is 4. The van der Waals surface area contributed by atoms with Crippen LogP contribution < -0.4 is 0 Å². The third kappa shape index (κ3) is 3.70. The van der Waals surface area contributed by atoms with Crippen molar-refractivity contribution in [2.75, 3.05) is 6.61 Å². The lowest BCUT2D eigenvalue weighted by Gasteiger charge is -2.24. The van der Waals surface area contributed by atoms with Gasteiger partial charge in [0.05, 0.1) is 11.8 Å². The van der Waals surface area contributed by atoms with E-state index in [1.54, 1.807) is 20.8 Å². The molecule has 0 amide bonds. The van der Waals surface area contributed by atoms with Gasteiger partial charge in [-0.15, -0.1) is 0 Å². The lowest BCUT2D eigenvalue weighted by Crippen LogP contribution is -2.16. The first-order valence-corrected chi connectivity index (χ1v) is 5.86. The minimum absolute atomic E-state index is 0.377. The molecule has 0 fully saturated rings. The van der Waals surface area contributed by atoms with Gasteiger partial charge in [-0.2, -0.15) is 0 Å². The van der Waals surface area contributed by atoms with E-state index in [9.17, 15) is 9.46 Å². The van der Waals surface area contributed by atoms with Crippen LogP contribution in [0.15, 0.2) is 0 Å². The molecule has 0 rings (SSSR count). The highest BCUT2D eigenvalue weighted by Gasteiger charge is 2.35.